The van der Waals surface area contributed by atoms with Crippen molar-refractivity contribution in [2.24, 2.45) is 0 Å². The zero-order chi connectivity index (χ0) is 10.9. The average Bonchev–Trinajstić information content (AvgIpc) is 2.60. The molecule has 2 aromatic rings. The molecule has 0 unspecified atom stereocenters. The van der Waals surface area contributed by atoms with Gasteiger partial charge < -0.3 is 4.42 Å². The quantitative estimate of drug-likeness (QED) is 0.776. The van der Waals surface area contributed by atoms with Crippen molar-refractivity contribution in [1.29, 1.82) is 0 Å². The van der Waals surface area contributed by atoms with Gasteiger partial charge in [-0.05, 0) is 24.1 Å². The number of rotatable bonds is 3. The highest BCUT2D eigenvalue weighted by molar-refractivity contribution is 8.13. The first kappa shape index (κ1) is 10.4. The molecule has 6 heteroatoms. The molecule has 0 spiro atoms. The number of benzene rings is 1. The van der Waals surface area contributed by atoms with E-state index in [4.69, 9.17) is 15.1 Å². The number of fused-ring (bicyclic) bond motifs is 1. The van der Waals surface area contributed by atoms with Crippen LogP contribution >= 0.6 is 10.7 Å². The minimum Gasteiger partial charge on any atom is -0.443 e. The maximum absolute atomic E-state index is 10.7. The summed E-state index contributed by atoms with van der Waals surface area (Å²) < 4.78 is 26.6. The van der Waals surface area contributed by atoms with Crippen LogP contribution in [0.3, 0.4) is 0 Å². The van der Waals surface area contributed by atoms with E-state index in [1.807, 2.05) is 0 Å². The first-order valence-electron chi connectivity index (χ1n) is 4.29. The Bertz CT molecular complexity index is 576. The topological polar surface area (TPSA) is 60.2 Å². The van der Waals surface area contributed by atoms with Crippen molar-refractivity contribution in [3.05, 3.63) is 30.2 Å². The van der Waals surface area contributed by atoms with E-state index < -0.39 is 9.05 Å². The highest BCUT2D eigenvalue weighted by atomic mass is 35.7. The summed E-state index contributed by atoms with van der Waals surface area (Å²) in [5, 5.41) is 0. The molecular weight excluding hydrogens is 238 g/mol. The first-order chi connectivity index (χ1) is 7.04. The number of halogens is 1. The van der Waals surface area contributed by atoms with Gasteiger partial charge in [0, 0.05) is 10.7 Å². The van der Waals surface area contributed by atoms with Gasteiger partial charge in [-0.1, -0.05) is 6.07 Å². The molecule has 0 atom stereocenters. The summed E-state index contributed by atoms with van der Waals surface area (Å²) in [4.78, 5) is 3.97. The predicted octanol–water partition coefficient (Wildman–Crippen LogP) is 1.94. The van der Waals surface area contributed by atoms with Crippen molar-refractivity contribution in [3.63, 3.8) is 0 Å². The standard InChI is InChI=1S/C9H8ClNO3S/c10-15(12,13)4-3-7-1-2-9-8(5-7)11-6-14-9/h1-2,5-6H,3-4H2. The lowest BCUT2D eigenvalue weighted by Crippen LogP contribution is -2.00. The van der Waals surface area contributed by atoms with Gasteiger partial charge in [-0.25, -0.2) is 13.4 Å². The van der Waals surface area contributed by atoms with Gasteiger partial charge in [-0.2, -0.15) is 0 Å². The molecule has 1 aromatic heterocycles. The number of nitrogens with zero attached hydrogens (tertiary/aromatic N) is 1. The molecule has 0 N–H and O–H groups in total. The Balaban J connectivity index is 2.21. The summed E-state index contributed by atoms with van der Waals surface area (Å²) in [5.41, 5.74) is 2.28. The van der Waals surface area contributed by atoms with Crippen molar-refractivity contribution < 1.29 is 12.8 Å². The van der Waals surface area contributed by atoms with Crippen LogP contribution in [0.5, 0.6) is 0 Å². The highest BCUT2D eigenvalue weighted by Gasteiger charge is 2.06. The lowest BCUT2D eigenvalue weighted by atomic mass is 10.1. The van der Waals surface area contributed by atoms with Crippen LogP contribution in [0.1, 0.15) is 5.56 Å². The molecule has 80 valence electrons. The van der Waals surface area contributed by atoms with Crippen LogP contribution in [0.25, 0.3) is 11.1 Å². The lowest BCUT2D eigenvalue weighted by molar-refractivity contribution is 0.602. The number of hydrogen-bond acceptors (Lipinski definition) is 4. The van der Waals surface area contributed by atoms with Gasteiger partial charge in [-0.3, -0.25) is 0 Å². The van der Waals surface area contributed by atoms with Crippen LogP contribution in [0.4, 0.5) is 0 Å². The molecule has 0 aliphatic heterocycles. The highest BCUT2D eigenvalue weighted by Crippen LogP contribution is 2.15. The van der Waals surface area contributed by atoms with E-state index in [0.717, 1.165) is 11.1 Å². The first-order valence-corrected chi connectivity index (χ1v) is 6.77. The molecule has 0 bridgehead atoms. The zero-order valence-corrected chi connectivity index (χ0v) is 9.25. The van der Waals surface area contributed by atoms with Gasteiger partial charge >= 0.3 is 0 Å². The monoisotopic (exact) mass is 245 g/mol. The van der Waals surface area contributed by atoms with Crippen LogP contribution in [-0.4, -0.2) is 19.2 Å². The molecule has 0 radical (unpaired) electrons. The molecule has 0 fully saturated rings. The minimum atomic E-state index is -3.43. The normalized spacial score (nSPS) is 12.1. The molecule has 2 rings (SSSR count). The van der Waals surface area contributed by atoms with E-state index in [-0.39, 0.29) is 5.75 Å². The Labute approximate surface area is 91.3 Å². The van der Waals surface area contributed by atoms with Crippen LogP contribution in [0.2, 0.25) is 0 Å². The molecular formula is C9H8ClNO3S. The molecule has 1 heterocycles. The molecule has 0 amide bonds. The van der Waals surface area contributed by atoms with E-state index >= 15 is 0 Å². The van der Waals surface area contributed by atoms with E-state index in [2.05, 4.69) is 4.98 Å². The fraction of sp³-hybridized carbons (Fsp3) is 0.222. The Morgan fingerprint density at radius 3 is 2.93 bits per heavy atom. The molecule has 1 aromatic carbocycles. The fourth-order valence-corrected chi connectivity index (χ4v) is 2.01. The van der Waals surface area contributed by atoms with Crippen LogP contribution in [-0.2, 0) is 15.5 Å². The lowest BCUT2D eigenvalue weighted by Gasteiger charge is -1.98. The van der Waals surface area contributed by atoms with Gasteiger partial charge in [0.15, 0.2) is 12.0 Å². The van der Waals surface area contributed by atoms with Crippen molar-refractivity contribution in [1.82, 2.24) is 4.98 Å². The Kier molecular flexibility index (Phi) is 2.67. The third kappa shape index (κ3) is 2.70. The maximum Gasteiger partial charge on any atom is 0.232 e. The largest absolute Gasteiger partial charge is 0.443 e. The average molecular weight is 246 g/mol. The van der Waals surface area contributed by atoms with Crippen LogP contribution in [0, 0.1) is 0 Å². The Morgan fingerprint density at radius 1 is 1.40 bits per heavy atom. The van der Waals surface area contributed by atoms with E-state index in [1.54, 1.807) is 18.2 Å². The summed E-state index contributed by atoms with van der Waals surface area (Å²) in [6.07, 6.45) is 1.74. The second kappa shape index (κ2) is 3.83. The maximum atomic E-state index is 10.7. The molecule has 4 nitrogen and oxygen atoms in total. The summed E-state index contributed by atoms with van der Waals surface area (Å²) >= 11 is 0. The van der Waals surface area contributed by atoms with E-state index in [9.17, 15) is 8.42 Å². The number of hydrogen-bond donors (Lipinski definition) is 0. The number of oxazole rings is 1. The van der Waals surface area contributed by atoms with Crippen molar-refractivity contribution in [3.8, 4) is 0 Å². The van der Waals surface area contributed by atoms with Gasteiger partial charge in [0.1, 0.15) is 5.52 Å². The second-order valence-corrected chi connectivity index (χ2v) is 6.04. The molecule has 15 heavy (non-hydrogen) atoms. The van der Waals surface area contributed by atoms with Crippen LogP contribution in [0.15, 0.2) is 29.0 Å². The van der Waals surface area contributed by atoms with E-state index in [0.29, 0.717) is 12.0 Å². The summed E-state index contributed by atoms with van der Waals surface area (Å²) in [6.45, 7) is 0. The van der Waals surface area contributed by atoms with Gasteiger partial charge in [0.2, 0.25) is 9.05 Å². The molecule has 0 aliphatic carbocycles. The van der Waals surface area contributed by atoms with E-state index in [1.165, 1.54) is 6.39 Å². The summed E-state index contributed by atoms with van der Waals surface area (Å²) in [6, 6.07) is 5.36. The predicted molar refractivity (Wildman–Crippen MR) is 57.4 cm³/mol. The third-order valence-corrected chi connectivity index (χ3v) is 3.18. The van der Waals surface area contributed by atoms with Crippen molar-refractivity contribution in [2.45, 2.75) is 6.42 Å². The van der Waals surface area contributed by atoms with Gasteiger partial charge in [-0.15, -0.1) is 0 Å². The number of aromatic nitrogens is 1. The number of aryl methyl sites for hydroxylation is 1. The molecule has 0 saturated carbocycles. The second-order valence-electron chi connectivity index (χ2n) is 3.15. The van der Waals surface area contributed by atoms with Gasteiger partial charge in [0.05, 0.1) is 5.75 Å². The molecule has 0 aliphatic rings. The van der Waals surface area contributed by atoms with Crippen LogP contribution < -0.4 is 0 Å². The van der Waals surface area contributed by atoms with Crippen molar-refractivity contribution >= 4 is 30.8 Å². The third-order valence-electron chi connectivity index (χ3n) is 2.03. The minimum absolute atomic E-state index is 0.0715. The smallest absolute Gasteiger partial charge is 0.232 e. The Hall–Kier alpha value is -1.07. The summed E-state index contributed by atoms with van der Waals surface area (Å²) in [5.74, 6) is -0.0715. The summed E-state index contributed by atoms with van der Waals surface area (Å²) in [7, 11) is 1.68. The SMILES string of the molecule is O=S(=O)(Cl)CCc1ccc2ocnc2c1. The van der Waals surface area contributed by atoms with Gasteiger partial charge in [0.25, 0.3) is 0 Å². The van der Waals surface area contributed by atoms with Crippen molar-refractivity contribution in [2.75, 3.05) is 5.75 Å². The Morgan fingerprint density at radius 2 is 2.20 bits per heavy atom. The fourth-order valence-electron chi connectivity index (χ4n) is 1.30. The zero-order valence-electron chi connectivity index (χ0n) is 7.68. The molecule has 0 saturated heterocycles.